The number of nitrogens with zero attached hydrogens (tertiary/aromatic N) is 3. The van der Waals surface area contributed by atoms with Gasteiger partial charge in [-0.2, -0.15) is 18.3 Å². The first kappa shape index (κ1) is 18.6. The molecule has 0 amide bonds. The zero-order valence-corrected chi connectivity index (χ0v) is 14.5. The maximum Gasteiger partial charge on any atom is 0.435 e. The van der Waals surface area contributed by atoms with E-state index >= 15 is 0 Å². The van der Waals surface area contributed by atoms with Crippen LogP contribution in [0.5, 0.6) is 0 Å². The van der Waals surface area contributed by atoms with Crippen molar-refractivity contribution in [3.63, 3.8) is 0 Å². The van der Waals surface area contributed by atoms with Crippen LogP contribution in [0.15, 0.2) is 11.2 Å². The summed E-state index contributed by atoms with van der Waals surface area (Å²) in [6, 6.07) is 0. The predicted molar refractivity (Wildman–Crippen MR) is 87.6 cm³/mol. The van der Waals surface area contributed by atoms with Crippen molar-refractivity contribution in [1.82, 2.24) is 20.4 Å². The molecule has 2 N–H and O–H groups in total. The van der Waals surface area contributed by atoms with E-state index < -0.39 is 11.9 Å². The van der Waals surface area contributed by atoms with Gasteiger partial charge in [0.05, 0.1) is 0 Å². The van der Waals surface area contributed by atoms with Gasteiger partial charge in [0.15, 0.2) is 11.7 Å². The molecule has 1 heterocycles. The molecule has 0 bridgehead atoms. The molecule has 1 fully saturated rings. The Morgan fingerprint density at radius 2 is 2.00 bits per heavy atom. The smallest absolute Gasteiger partial charge is 0.356 e. The van der Waals surface area contributed by atoms with Crippen molar-refractivity contribution in [3.05, 3.63) is 17.5 Å². The van der Waals surface area contributed by atoms with Gasteiger partial charge in [-0.1, -0.05) is 19.8 Å². The fraction of sp³-hybridized carbons (Fsp3) is 0.750. The summed E-state index contributed by atoms with van der Waals surface area (Å²) in [7, 11) is 3.10. The minimum absolute atomic E-state index is 0.0292. The van der Waals surface area contributed by atoms with E-state index in [4.69, 9.17) is 0 Å². The monoisotopic (exact) mass is 345 g/mol. The number of aryl methyl sites for hydroxylation is 1. The number of hydrogen-bond acceptors (Lipinski definition) is 2. The third-order valence-corrected chi connectivity index (χ3v) is 4.89. The summed E-state index contributed by atoms with van der Waals surface area (Å²) in [5.41, 5.74) is -0.462. The summed E-state index contributed by atoms with van der Waals surface area (Å²) >= 11 is 0. The van der Waals surface area contributed by atoms with Crippen molar-refractivity contribution in [2.24, 2.45) is 17.5 Å². The molecule has 0 spiro atoms. The number of rotatable bonds is 5. The van der Waals surface area contributed by atoms with Gasteiger partial charge >= 0.3 is 6.18 Å². The summed E-state index contributed by atoms with van der Waals surface area (Å²) < 4.78 is 40.1. The molecule has 1 aromatic rings. The van der Waals surface area contributed by atoms with E-state index in [1.807, 2.05) is 0 Å². The lowest BCUT2D eigenvalue weighted by atomic mass is 9.83. The summed E-state index contributed by atoms with van der Waals surface area (Å²) in [6.45, 7) is 3.01. The first-order valence-electron chi connectivity index (χ1n) is 8.34. The first-order chi connectivity index (χ1) is 11.3. The Hall–Kier alpha value is -1.73. The van der Waals surface area contributed by atoms with Crippen molar-refractivity contribution >= 4 is 5.96 Å². The van der Waals surface area contributed by atoms with Crippen molar-refractivity contribution < 1.29 is 13.2 Å². The number of guanidine groups is 1. The Labute approximate surface area is 140 Å². The molecule has 8 heteroatoms. The Kier molecular flexibility index (Phi) is 5.77. The number of aromatic nitrogens is 2. The van der Waals surface area contributed by atoms with Crippen LogP contribution < -0.4 is 10.6 Å². The van der Waals surface area contributed by atoms with Gasteiger partial charge in [-0.15, -0.1) is 0 Å². The lowest BCUT2D eigenvalue weighted by Crippen LogP contribution is -2.42. The third-order valence-electron chi connectivity index (χ3n) is 4.89. The zero-order valence-electron chi connectivity index (χ0n) is 14.5. The van der Waals surface area contributed by atoms with E-state index in [0.29, 0.717) is 5.96 Å². The van der Waals surface area contributed by atoms with Crippen molar-refractivity contribution in [3.8, 4) is 0 Å². The van der Waals surface area contributed by atoms with Gasteiger partial charge in [0, 0.05) is 38.9 Å². The quantitative estimate of drug-likeness (QED) is 0.637. The Morgan fingerprint density at radius 3 is 2.54 bits per heavy atom. The maximum absolute atomic E-state index is 13.0. The molecule has 0 radical (unpaired) electrons. The number of aliphatic imine (C=N–C) groups is 1. The van der Waals surface area contributed by atoms with Crippen LogP contribution in [0.25, 0.3) is 0 Å². The van der Waals surface area contributed by atoms with Crippen LogP contribution in [0.4, 0.5) is 13.2 Å². The van der Waals surface area contributed by atoms with Crippen LogP contribution in [0.2, 0.25) is 0 Å². The molecule has 0 unspecified atom stereocenters. The molecule has 24 heavy (non-hydrogen) atoms. The summed E-state index contributed by atoms with van der Waals surface area (Å²) in [4.78, 5) is 4.11. The minimum atomic E-state index is -4.45. The van der Waals surface area contributed by atoms with Crippen molar-refractivity contribution in [2.75, 3.05) is 13.6 Å². The highest BCUT2D eigenvalue weighted by atomic mass is 19.4. The van der Waals surface area contributed by atoms with Gasteiger partial charge in [0.2, 0.25) is 0 Å². The van der Waals surface area contributed by atoms with Crippen LogP contribution in [-0.2, 0) is 19.8 Å². The molecular formula is C16H26F3N5. The second kappa shape index (κ2) is 7.44. The van der Waals surface area contributed by atoms with E-state index in [9.17, 15) is 13.2 Å². The van der Waals surface area contributed by atoms with Crippen LogP contribution in [-0.4, -0.2) is 29.3 Å². The fourth-order valence-corrected chi connectivity index (χ4v) is 3.36. The standard InChI is InChI=1S/C16H26F3N5/c1-4-15(7-5-6-8-15)11-22-14(20-2)21-9-12-10-24(3)23-13(12)16(17,18)19/h10H,4-9,11H2,1-3H3,(H2,20,21,22). The number of nitrogens with one attached hydrogen (secondary N) is 2. The van der Waals surface area contributed by atoms with E-state index in [0.717, 1.165) is 13.0 Å². The largest absolute Gasteiger partial charge is 0.435 e. The van der Waals surface area contributed by atoms with Crippen molar-refractivity contribution in [1.29, 1.82) is 0 Å². The van der Waals surface area contributed by atoms with Gasteiger partial charge in [0.1, 0.15) is 0 Å². The Bertz CT molecular complexity index is 571. The van der Waals surface area contributed by atoms with Gasteiger partial charge in [-0.05, 0) is 24.7 Å². The molecular weight excluding hydrogens is 319 g/mol. The zero-order chi connectivity index (χ0) is 17.8. The number of halogens is 3. The lowest BCUT2D eigenvalue weighted by Gasteiger charge is -2.28. The highest BCUT2D eigenvalue weighted by Gasteiger charge is 2.37. The summed E-state index contributed by atoms with van der Waals surface area (Å²) in [5, 5.41) is 9.74. The van der Waals surface area contributed by atoms with Gasteiger partial charge in [-0.25, -0.2) is 0 Å². The Morgan fingerprint density at radius 1 is 1.33 bits per heavy atom. The molecule has 1 aliphatic carbocycles. The van der Waals surface area contributed by atoms with Gasteiger partial charge < -0.3 is 10.6 Å². The second-order valence-electron chi connectivity index (χ2n) is 6.51. The topological polar surface area (TPSA) is 54.2 Å². The number of alkyl halides is 3. The van der Waals surface area contributed by atoms with Crippen LogP contribution in [0.1, 0.15) is 50.3 Å². The summed E-state index contributed by atoms with van der Waals surface area (Å²) in [5.74, 6) is 0.520. The maximum atomic E-state index is 13.0. The van der Waals surface area contributed by atoms with Crippen LogP contribution in [0.3, 0.4) is 0 Å². The average Bonchev–Trinajstić information content (AvgIpc) is 3.14. The minimum Gasteiger partial charge on any atom is -0.356 e. The molecule has 1 aliphatic rings. The van der Waals surface area contributed by atoms with Gasteiger partial charge in [0.25, 0.3) is 0 Å². The third kappa shape index (κ3) is 4.42. The fourth-order valence-electron chi connectivity index (χ4n) is 3.36. The molecule has 5 nitrogen and oxygen atoms in total. The first-order valence-corrected chi connectivity index (χ1v) is 8.34. The second-order valence-corrected chi connectivity index (χ2v) is 6.51. The van der Waals surface area contributed by atoms with E-state index in [2.05, 4.69) is 27.6 Å². The van der Waals surface area contributed by atoms with Crippen molar-refractivity contribution in [2.45, 2.75) is 51.7 Å². The summed E-state index contributed by atoms with van der Waals surface area (Å²) in [6.07, 6.45) is 2.89. The normalized spacial score (nSPS) is 18.0. The van der Waals surface area contributed by atoms with Crippen LogP contribution in [0, 0.1) is 5.41 Å². The SMILES string of the molecule is CCC1(CNC(=NC)NCc2cn(C)nc2C(F)(F)F)CCCC1. The molecule has 0 aromatic carbocycles. The van der Waals surface area contributed by atoms with Gasteiger partial charge in [-0.3, -0.25) is 9.67 Å². The Balaban J connectivity index is 1.95. The van der Waals surface area contributed by atoms with E-state index in [1.165, 1.54) is 43.6 Å². The van der Waals surface area contributed by atoms with Crippen LogP contribution >= 0.6 is 0 Å². The molecule has 136 valence electrons. The highest BCUT2D eigenvalue weighted by molar-refractivity contribution is 5.79. The molecule has 0 atom stereocenters. The predicted octanol–water partition coefficient (Wildman–Crippen LogP) is 3.07. The van der Waals surface area contributed by atoms with E-state index in [-0.39, 0.29) is 17.5 Å². The molecule has 1 saturated carbocycles. The van der Waals surface area contributed by atoms with E-state index in [1.54, 1.807) is 7.05 Å². The number of hydrogen-bond donors (Lipinski definition) is 2. The highest BCUT2D eigenvalue weighted by Crippen LogP contribution is 2.40. The molecule has 0 aliphatic heterocycles. The average molecular weight is 345 g/mol. The lowest BCUT2D eigenvalue weighted by molar-refractivity contribution is -0.142. The molecule has 0 saturated heterocycles. The molecule has 1 aromatic heterocycles. The molecule has 2 rings (SSSR count).